The van der Waals surface area contributed by atoms with E-state index >= 15 is 0 Å². The van der Waals surface area contributed by atoms with E-state index in [0.717, 1.165) is 10.6 Å². The number of halogens is 1. The van der Waals surface area contributed by atoms with E-state index in [-0.39, 0.29) is 16.5 Å². The molecule has 5 heteroatoms. The molecule has 1 aromatic carbocycles. The number of rotatable bonds is 2. The summed E-state index contributed by atoms with van der Waals surface area (Å²) in [6.45, 7) is 5.29. The molecule has 1 aromatic rings. The molecule has 0 saturated carbocycles. The van der Waals surface area contributed by atoms with Crippen molar-refractivity contribution in [1.29, 1.82) is 0 Å². The molecule has 3 nitrogen and oxygen atoms in total. The summed E-state index contributed by atoms with van der Waals surface area (Å²) in [6, 6.07) is 6.13. The Labute approximate surface area is 109 Å². The smallest absolute Gasteiger partial charge is 0.304 e. The zero-order valence-corrected chi connectivity index (χ0v) is 11.3. The van der Waals surface area contributed by atoms with Gasteiger partial charge in [0, 0.05) is 12.5 Å². The van der Waals surface area contributed by atoms with Gasteiger partial charge in [-0.05, 0) is 38.1 Å². The van der Waals surface area contributed by atoms with Crippen LogP contribution in [-0.4, -0.2) is 22.0 Å². The van der Waals surface area contributed by atoms with E-state index in [0.29, 0.717) is 0 Å². The Morgan fingerprint density at radius 1 is 1.39 bits per heavy atom. The first kappa shape index (κ1) is 13.1. The number of carbonyl (C=O) groups excluding carboxylic acids is 1. The number of benzene rings is 1. The number of carbonyl (C=O) groups is 1. The van der Waals surface area contributed by atoms with Crippen molar-refractivity contribution in [1.82, 2.24) is 0 Å². The van der Waals surface area contributed by atoms with Crippen LogP contribution in [-0.2, 0) is 9.53 Å². The molecule has 0 radical (unpaired) electrons. The van der Waals surface area contributed by atoms with E-state index in [1.54, 1.807) is 12.1 Å². The standard InChI is InChI=1S/C13H14FNO2S/c1-8(16)17-12-13(2,3)18-11(15-12)9-4-6-10(14)7-5-9/h4-7,12H,1-3H3. The maximum atomic E-state index is 12.9. The predicted octanol–water partition coefficient (Wildman–Crippen LogP) is 2.99. The summed E-state index contributed by atoms with van der Waals surface area (Å²) in [4.78, 5) is 15.4. The van der Waals surface area contributed by atoms with Crippen molar-refractivity contribution in [2.24, 2.45) is 4.99 Å². The number of aliphatic imine (C=N–C) groups is 1. The topological polar surface area (TPSA) is 38.7 Å². The fourth-order valence-corrected chi connectivity index (χ4v) is 2.74. The molecule has 1 unspecified atom stereocenters. The maximum absolute atomic E-state index is 12.9. The first-order chi connectivity index (χ1) is 8.38. The lowest BCUT2D eigenvalue weighted by molar-refractivity contribution is -0.146. The number of hydrogen-bond acceptors (Lipinski definition) is 4. The number of thioether (sulfide) groups is 1. The summed E-state index contributed by atoms with van der Waals surface area (Å²) in [5.41, 5.74) is 0.837. The van der Waals surface area contributed by atoms with E-state index in [4.69, 9.17) is 4.74 Å². The molecule has 0 spiro atoms. The van der Waals surface area contributed by atoms with Gasteiger partial charge in [0.1, 0.15) is 10.9 Å². The lowest BCUT2D eigenvalue weighted by Crippen LogP contribution is -2.31. The molecule has 96 valence electrons. The van der Waals surface area contributed by atoms with E-state index in [1.807, 2.05) is 13.8 Å². The zero-order chi connectivity index (χ0) is 13.3. The molecule has 2 rings (SSSR count). The lowest BCUT2D eigenvalue weighted by atomic mass is 10.2. The van der Waals surface area contributed by atoms with Crippen molar-refractivity contribution in [2.75, 3.05) is 0 Å². The second-order valence-electron chi connectivity index (χ2n) is 4.61. The van der Waals surface area contributed by atoms with Gasteiger partial charge in [0.2, 0.25) is 6.23 Å². The molecule has 1 heterocycles. The van der Waals surface area contributed by atoms with E-state index in [1.165, 1.54) is 30.8 Å². The van der Waals surface area contributed by atoms with Crippen LogP contribution in [0.2, 0.25) is 0 Å². The van der Waals surface area contributed by atoms with Gasteiger partial charge in [-0.2, -0.15) is 0 Å². The summed E-state index contributed by atoms with van der Waals surface area (Å²) in [7, 11) is 0. The Balaban J connectivity index is 2.25. The van der Waals surface area contributed by atoms with Gasteiger partial charge in [0.05, 0.1) is 4.75 Å². The van der Waals surface area contributed by atoms with Crippen molar-refractivity contribution in [3.05, 3.63) is 35.6 Å². The van der Waals surface area contributed by atoms with Crippen LogP contribution in [0.4, 0.5) is 4.39 Å². The lowest BCUT2D eigenvalue weighted by Gasteiger charge is -2.23. The maximum Gasteiger partial charge on any atom is 0.304 e. The molecule has 0 N–H and O–H groups in total. The monoisotopic (exact) mass is 267 g/mol. The number of nitrogens with zero attached hydrogens (tertiary/aromatic N) is 1. The minimum atomic E-state index is -0.500. The molecule has 1 atom stereocenters. The van der Waals surface area contributed by atoms with Gasteiger partial charge in [-0.1, -0.05) is 11.8 Å². The molecule has 1 aliphatic rings. The Bertz CT molecular complexity index is 496. The number of esters is 1. The van der Waals surface area contributed by atoms with Crippen LogP contribution in [0.5, 0.6) is 0 Å². The van der Waals surface area contributed by atoms with E-state index in [2.05, 4.69) is 4.99 Å². The molecule has 0 amide bonds. The van der Waals surface area contributed by atoms with Crippen molar-refractivity contribution >= 4 is 22.8 Å². The highest BCUT2D eigenvalue weighted by molar-refractivity contribution is 8.15. The van der Waals surface area contributed by atoms with Gasteiger partial charge in [0.25, 0.3) is 0 Å². The molecular weight excluding hydrogens is 253 g/mol. The quantitative estimate of drug-likeness (QED) is 0.773. The van der Waals surface area contributed by atoms with E-state index in [9.17, 15) is 9.18 Å². The van der Waals surface area contributed by atoms with Gasteiger partial charge in [-0.3, -0.25) is 4.79 Å². The Morgan fingerprint density at radius 3 is 2.56 bits per heavy atom. The summed E-state index contributed by atoms with van der Waals surface area (Å²) >= 11 is 1.53. The minimum Gasteiger partial charge on any atom is -0.438 e. The molecule has 0 saturated heterocycles. The normalized spacial score (nSPS) is 21.6. The summed E-state index contributed by atoms with van der Waals surface area (Å²) in [6.07, 6.45) is -0.500. The molecule has 0 fully saturated rings. The molecule has 18 heavy (non-hydrogen) atoms. The van der Waals surface area contributed by atoms with Crippen LogP contribution in [0.1, 0.15) is 26.3 Å². The highest BCUT2D eigenvalue weighted by atomic mass is 32.2. The van der Waals surface area contributed by atoms with Crippen LogP contribution in [0.15, 0.2) is 29.3 Å². The summed E-state index contributed by atoms with van der Waals surface area (Å²) in [5, 5.41) is 0.770. The molecule has 1 aliphatic heterocycles. The summed E-state index contributed by atoms with van der Waals surface area (Å²) in [5.74, 6) is -0.629. The van der Waals surface area contributed by atoms with Crippen LogP contribution >= 0.6 is 11.8 Å². The molecule has 0 aromatic heterocycles. The molecule has 0 bridgehead atoms. The van der Waals surface area contributed by atoms with Gasteiger partial charge >= 0.3 is 5.97 Å². The predicted molar refractivity (Wildman–Crippen MR) is 70.2 cm³/mol. The fraction of sp³-hybridized carbons (Fsp3) is 0.385. The van der Waals surface area contributed by atoms with Crippen molar-refractivity contribution in [3.63, 3.8) is 0 Å². The summed E-state index contributed by atoms with van der Waals surface area (Å²) < 4.78 is 17.7. The largest absolute Gasteiger partial charge is 0.438 e. The zero-order valence-electron chi connectivity index (χ0n) is 10.4. The number of ether oxygens (including phenoxy) is 1. The molecule has 0 aliphatic carbocycles. The minimum absolute atomic E-state index is 0.279. The van der Waals surface area contributed by atoms with Crippen LogP contribution < -0.4 is 0 Å². The van der Waals surface area contributed by atoms with Crippen molar-refractivity contribution in [2.45, 2.75) is 31.7 Å². The van der Waals surface area contributed by atoms with Crippen molar-refractivity contribution in [3.8, 4) is 0 Å². The van der Waals surface area contributed by atoms with Gasteiger partial charge < -0.3 is 4.74 Å². The van der Waals surface area contributed by atoms with Crippen LogP contribution in [0, 0.1) is 5.82 Å². The first-order valence-electron chi connectivity index (χ1n) is 5.58. The second kappa shape index (κ2) is 4.72. The average Bonchev–Trinajstić information content (AvgIpc) is 2.54. The fourth-order valence-electron chi connectivity index (χ4n) is 1.64. The first-order valence-corrected chi connectivity index (χ1v) is 6.40. The van der Waals surface area contributed by atoms with Crippen molar-refractivity contribution < 1.29 is 13.9 Å². The van der Waals surface area contributed by atoms with E-state index < -0.39 is 6.23 Å². The highest BCUT2D eigenvalue weighted by Gasteiger charge is 2.40. The third-order valence-corrected chi connectivity index (χ3v) is 3.82. The average molecular weight is 267 g/mol. The van der Waals surface area contributed by atoms with Gasteiger partial charge in [0.15, 0.2) is 0 Å². The SMILES string of the molecule is CC(=O)OC1N=C(c2ccc(F)cc2)SC1(C)C. The molecular formula is C13H14FNO2S. The van der Waals surface area contributed by atoms with Crippen LogP contribution in [0.25, 0.3) is 0 Å². The van der Waals surface area contributed by atoms with Gasteiger partial charge in [-0.25, -0.2) is 9.38 Å². The Morgan fingerprint density at radius 2 is 2.00 bits per heavy atom. The Hall–Kier alpha value is -1.36. The Kier molecular flexibility index (Phi) is 3.43. The van der Waals surface area contributed by atoms with Gasteiger partial charge in [-0.15, -0.1) is 0 Å². The number of hydrogen-bond donors (Lipinski definition) is 0. The second-order valence-corrected chi connectivity index (χ2v) is 6.25. The highest BCUT2D eigenvalue weighted by Crippen LogP contribution is 2.40. The third kappa shape index (κ3) is 2.72. The third-order valence-electron chi connectivity index (χ3n) is 2.56. The van der Waals surface area contributed by atoms with Crippen LogP contribution in [0.3, 0.4) is 0 Å².